The Hall–Kier alpha value is -0.270. The predicted octanol–water partition coefficient (Wildman–Crippen LogP) is -0.242. The van der Waals surface area contributed by atoms with Gasteiger partial charge in [-0.1, -0.05) is 6.08 Å². The molecule has 19 heavy (non-hydrogen) atoms. The number of ether oxygens (including phenoxy) is 1. The van der Waals surface area contributed by atoms with Crippen LogP contribution in [0.4, 0.5) is 0 Å². The van der Waals surface area contributed by atoms with Gasteiger partial charge in [0.15, 0.2) is 0 Å². The average molecular weight is 297 g/mol. The van der Waals surface area contributed by atoms with Crippen molar-refractivity contribution in [3.8, 4) is 0 Å². The summed E-state index contributed by atoms with van der Waals surface area (Å²) in [5, 5.41) is 8.99. The highest BCUT2D eigenvalue weighted by molar-refractivity contribution is 7.45. The lowest BCUT2D eigenvalue weighted by Crippen LogP contribution is -2.37. The number of phosphoric acid groups is 1. The molecule has 0 aromatic carbocycles. The Balaban J connectivity index is 4.09. The van der Waals surface area contributed by atoms with Crippen LogP contribution in [0.1, 0.15) is 0 Å². The first-order valence-corrected chi connectivity index (χ1v) is 7.40. The van der Waals surface area contributed by atoms with Gasteiger partial charge in [-0.3, -0.25) is 4.57 Å². The minimum absolute atomic E-state index is 0.0238. The Kier molecular flexibility index (Phi) is 8.69. The summed E-state index contributed by atoms with van der Waals surface area (Å²) in [6.07, 6.45) is 0.551. The first-order valence-electron chi connectivity index (χ1n) is 5.94. The number of hydrogen-bond donors (Lipinski definition) is 1. The normalized spacial score (nSPS) is 16.9. The molecule has 0 aliphatic heterocycles. The van der Waals surface area contributed by atoms with Crippen molar-refractivity contribution in [1.29, 1.82) is 0 Å². The molecule has 0 saturated heterocycles. The fraction of sp³-hybridized carbons (Fsp3) is 0.818. The molecule has 2 atom stereocenters. The van der Waals surface area contributed by atoms with E-state index in [2.05, 4.69) is 6.58 Å². The second kappa shape index (κ2) is 8.81. The van der Waals surface area contributed by atoms with E-state index in [0.29, 0.717) is 11.0 Å². The molecule has 0 rings (SSSR count). The SMILES string of the molecule is C=CCOC[C@H](CO)OP(=O)([O-])OCC[N+](C)(C)C. The van der Waals surface area contributed by atoms with Crippen LogP contribution in [0.15, 0.2) is 12.7 Å². The summed E-state index contributed by atoms with van der Waals surface area (Å²) in [6.45, 7) is 3.73. The van der Waals surface area contributed by atoms with Crippen molar-refractivity contribution < 1.29 is 32.8 Å². The summed E-state index contributed by atoms with van der Waals surface area (Å²) < 4.78 is 26.5. The molecule has 7 nitrogen and oxygen atoms in total. The van der Waals surface area contributed by atoms with Crippen LogP contribution in [0.25, 0.3) is 0 Å². The van der Waals surface area contributed by atoms with Crippen molar-refractivity contribution in [2.45, 2.75) is 6.10 Å². The van der Waals surface area contributed by atoms with Crippen LogP contribution in [0.2, 0.25) is 0 Å². The van der Waals surface area contributed by atoms with E-state index in [1.54, 1.807) is 0 Å². The van der Waals surface area contributed by atoms with E-state index >= 15 is 0 Å². The van der Waals surface area contributed by atoms with E-state index in [1.807, 2.05) is 21.1 Å². The minimum atomic E-state index is -4.43. The molecule has 0 aromatic heterocycles. The van der Waals surface area contributed by atoms with Gasteiger partial charge < -0.3 is 28.3 Å². The predicted molar refractivity (Wildman–Crippen MR) is 69.4 cm³/mol. The molecule has 1 N–H and O–H groups in total. The lowest BCUT2D eigenvalue weighted by Gasteiger charge is -2.29. The molecule has 0 aliphatic rings. The van der Waals surface area contributed by atoms with Crippen LogP contribution < -0.4 is 4.89 Å². The van der Waals surface area contributed by atoms with E-state index in [1.165, 1.54) is 6.08 Å². The lowest BCUT2D eigenvalue weighted by molar-refractivity contribution is -0.870. The highest BCUT2D eigenvalue weighted by Gasteiger charge is 2.19. The molecular weight excluding hydrogens is 273 g/mol. The van der Waals surface area contributed by atoms with Gasteiger partial charge in [0.1, 0.15) is 19.3 Å². The number of rotatable bonds is 11. The maximum atomic E-state index is 11.5. The first kappa shape index (κ1) is 18.7. The second-order valence-corrected chi connectivity index (χ2v) is 6.39. The number of nitrogens with zero attached hydrogens (tertiary/aromatic N) is 1. The molecule has 0 aliphatic carbocycles. The maximum Gasteiger partial charge on any atom is 0.268 e. The Bertz CT molecular complexity index is 304. The van der Waals surface area contributed by atoms with Crippen LogP contribution >= 0.6 is 7.82 Å². The van der Waals surface area contributed by atoms with Crippen molar-refractivity contribution in [2.24, 2.45) is 0 Å². The minimum Gasteiger partial charge on any atom is -0.756 e. The molecule has 0 fully saturated rings. The molecule has 114 valence electrons. The number of hydrogen-bond acceptors (Lipinski definition) is 6. The standard InChI is InChI=1S/C11H24NO6P/c1-5-7-16-10-11(9-13)18-19(14,15)17-8-6-12(2,3)4/h5,11,13H,1,6-10H2,2-4H3/t11-/m0/s1. The van der Waals surface area contributed by atoms with Gasteiger partial charge in [-0.05, 0) is 0 Å². The summed E-state index contributed by atoms with van der Waals surface area (Å²) in [5.41, 5.74) is 0. The Morgan fingerprint density at radius 1 is 1.47 bits per heavy atom. The number of likely N-dealkylation sites (N-methyl/N-ethyl adjacent to an activating group) is 1. The van der Waals surface area contributed by atoms with Crippen LogP contribution in [0.5, 0.6) is 0 Å². The first-order chi connectivity index (χ1) is 8.70. The van der Waals surface area contributed by atoms with Crippen molar-refractivity contribution in [3.63, 3.8) is 0 Å². The number of quaternary nitrogens is 1. The van der Waals surface area contributed by atoms with E-state index in [4.69, 9.17) is 18.9 Å². The van der Waals surface area contributed by atoms with Gasteiger partial charge in [0.25, 0.3) is 7.82 Å². The Morgan fingerprint density at radius 2 is 2.11 bits per heavy atom. The van der Waals surface area contributed by atoms with Crippen LogP contribution in [-0.4, -0.2) is 69.8 Å². The fourth-order valence-electron chi connectivity index (χ4n) is 1.04. The number of aliphatic hydroxyl groups excluding tert-OH is 1. The molecule has 0 radical (unpaired) electrons. The van der Waals surface area contributed by atoms with Crippen molar-refractivity contribution >= 4 is 7.82 Å². The zero-order valence-electron chi connectivity index (χ0n) is 11.8. The van der Waals surface area contributed by atoms with Gasteiger partial charge in [-0.25, -0.2) is 0 Å². The molecule has 0 spiro atoms. The Labute approximate surface area is 114 Å². The topological polar surface area (TPSA) is 88.0 Å². The van der Waals surface area contributed by atoms with Gasteiger partial charge in [0.2, 0.25) is 0 Å². The zero-order chi connectivity index (χ0) is 14.9. The summed E-state index contributed by atoms with van der Waals surface area (Å²) in [6, 6.07) is 0. The second-order valence-electron chi connectivity index (χ2n) is 5.03. The van der Waals surface area contributed by atoms with E-state index < -0.39 is 20.5 Å². The third kappa shape index (κ3) is 11.3. The maximum absolute atomic E-state index is 11.5. The molecule has 0 heterocycles. The highest BCUT2D eigenvalue weighted by Crippen LogP contribution is 2.39. The van der Waals surface area contributed by atoms with Crippen molar-refractivity contribution in [1.82, 2.24) is 0 Å². The third-order valence-corrected chi connectivity index (χ3v) is 3.09. The van der Waals surface area contributed by atoms with E-state index in [9.17, 15) is 9.46 Å². The summed E-state index contributed by atoms with van der Waals surface area (Å²) in [5.74, 6) is 0. The summed E-state index contributed by atoms with van der Waals surface area (Å²) in [7, 11) is 1.32. The fourth-order valence-corrected chi connectivity index (χ4v) is 1.90. The Morgan fingerprint density at radius 3 is 2.58 bits per heavy atom. The van der Waals surface area contributed by atoms with Gasteiger partial charge in [0, 0.05) is 0 Å². The molecular formula is C11H24NO6P. The molecule has 0 saturated carbocycles. The molecule has 1 unspecified atom stereocenters. The molecule has 8 heteroatoms. The number of aliphatic hydroxyl groups is 1. The summed E-state index contributed by atoms with van der Waals surface area (Å²) >= 11 is 0. The third-order valence-electron chi connectivity index (χ3n) is 2.03. The highest BCUT2D eigenvalue weighted by atomic mass is 31.2. The molecule has 0 amide bonds. The monoisotopic (exact) mass is 297 g/mol. The van der Waals surface area contributed by atoms with Gasteiger partial charge >= 0.3 is 0 Å². The van der Waals surface area contributed by atoms with E-state index in [-0.39, 0.29) is 19.8 Å². The van der Waals surface area contributed by atoms with Gasteiger partial charge in [-0.15, -0.1) is 6.58 Å². The van der Waals surface area contributed by atoms with Crippen LogP contribution in [0.3, 0.4) is 0 Å². The molecule has 0 aromatic rings. The zero-order valence-corrected chi connectivity index (χ0v) is 12.7. The lowest BCUT2D eigenvalue weighted by atomic mass is 10.4. The van der Waals surface area contributed by atoms with Crippen molar-refractivity contribution in [2.75, 3.05) is 54.1 Å². The largest absolute Gasteiger partial charge is 0.756 e. The quantitative estimate of drug-likeness (QED) is 0.245. The van der Waals surface area contributed by atoms with Crippen molar-refractivity contribution in [3.05, 3.63) is 12.7 Å². The van der Waals surface area contributed by atoms with Crippen LogP contribution in [0, 0.1) is 0 Å². The van der Waals surface area contributed by atoms with Gasteiger partial charge in [0.05, 0.1) is 41.0 Å². The number of phosphoric ester groups is 1. The average Bonchev–Trinajstić information content (AvgIpc) is 2.25. The summed E-state index contributed by atoms with van der Waals surface area (Å²) in [4.78, 5) is 11.5. The smallest absolute Gasteiger partial charge is 0.268 e. The molecule has 0 bridgehead atoms. The van der Waals surface area contributed by atoms with Crippen LogP contribution in [-0.2, 0) is 18.3 Å². The van der Waals surface area contributed by atoms with E-state index in [0.717, 1.165) is 0 Å². The van der Waals surface area contributed by atoms with Gasteiger partial charge in [-0.2, -0.15) is 0 Å².